The molecule has 1 fully saturated rings. The number of rotatable bonds is 3. The van der Waals surface area contributed by atoms with Crippen LogP contribution in [0.4, 0.5) is 5.69 Å². The largest absolute Gasteiger partial charge is 0.399 e. The van der Waals surface area contributed by atoms with Crippen molar-refractivity contribution in [3.63, 3.8) is 0 Å². The fraction of sp³-hybridized carbons (Fsp3) is 0.500. The number of anilines is 1. The quantitative estimate of drug-likeness (QED) is 0.804. The third kappa shape index (κ3) is 3.01. The summed E-state index contributed by atoms with van der Waals surface area (Å²) >= 11 is 0. The molecule has 2 rings (SSSR count). The molecule has 1 heterocycles. The van der Waals surface area contributed by atoms with Gasteiger partial charge in [0.15, 0.2) is 0 Å². The molecule has 1 amide bonds. The summed E-state index contributed by atoms with van der Waals surface area (Å²) in [5, 5.41) is 2.97. The smallest absolute Gasteiger partial charge is 0.249 e. The topological polar surface area (TPSA) is 64.4 Å². The van der Waals surface area contributed by atoms with Crippen molar-refractivity contribution < 1.29 is 9.53 Å². The van der Waals surface area contributed by atoms with Crippen molar-refractivity contribution >= 4 is 11.6 Å². The third-order valence-corrected chi connectivity index (χ3v) is 3.32. The van der Waals surface area contributed by atoms with E-state index < -0.39 is 0 Å². The molecule has 1 aromatic carbocycles. The molecule has 0 spiro atoms. The maximum absolute atomic E-state index is 12.0. The molecule has 1 saturated heterocycles. The molecule has 18 heavy (non-hydrogen) atoms. The Morgan fingerprint density at radius 3 is 2.61 bits per heavy atom. The Kier molecular flexibility index (Phi) is 3.87. The molecule has 3 unspecified atom stereocenters. The van der Waals surface area contributed by atoms with E-state index in [0.717, 1.165) is 24.1 Å². The molecule has 3 atom stereocenters. The van der Waals surface area contributed by atoms with Crippen molar-refractivity contribution in [3.05, 3.63) is 29.8 Å². The fourth-order valence-corrected chi connectivity index (χ4v) is 2.17. The van der Waals surface area contributed by atoms with Gasteiger partial charge in [0.05, 0.1) is 12.1 Å². The molecule has 1 aliphatic heterocycles. The van der Waals surface area contributed by atoms with Gasteiger partial charge in [0.25, 0.3) is 0 Å². The van der Waals surface area contributed by atoms with Crippen molar-refractivity contribution in [1.29, 1.82) is 0 Å². The summed E-state index contributed by atoms with van der Waals surface area (Å²) in [5.41, 5.74) is 7.41. The summed E-state index contributed by atoms with van der Waals surface area (Å²) in [5.74, 6) is -0.0244. The normalized spacial score (nSPS) is 24.8. The number of nitrogens with one attached hydrogen (secondary N) is 1. The predicted molar refractivity (Wildman–Crippen MR) is 71.0 cm³/mol. The summed E-state index contributed by atoms with van der Waals surface area (Å²) in [7, 11) is 0. The molecule has 4 heteroatoms. The van der Waals surface area contributed by atoms with Crippen LogP contribution in [0.5, 0.6) is 0 Å². The number of nitrogen functional groups attached to an aromatic ring is 1. The molecule has 4 nitrogen and oxygen atoms in total. The van der Waals surface area contributed by atoms with Crippen LogP contribution in [0.25, 0.3) is 0 Å². The van der Waals surface area contributed by atoms with Crippen LogP contribution in [-0.2, 0) is 9.53 Å². The van der Waals surface area contributed by atoms with Gasteiger partial charge in [-0.15, -0.1) is 0 Å². The minimum Gasteiger partial charge on any atom is -0.399 e. The monoisotopic (exact) mass is 248 g/mol. The van der Waals surface area contributed by atoms with Crippen LogP contribution in [0.1, 0.15) is 38.3 Å². The third-order valence-electron chi connectivity index (χ3n) is 3.32. The number of hydrogen-bond donors (Lipinski definition) is 2. The summed E-state index contributed by atoms with van der Waals surface area (Å²) in [6, 6.07) is 7.51. The first-order valence-electron chi connectivity index (χ1n) is 6.37. The number of carbonyl (C=O) groups is 1. The first-order chi connectivity index (χ1) is 8.56. The lowest BCUT2D eigenvalue weighted by Crippen LogP contribution is -2.36. The van der Waals surface area contributed by atoms with Gasteiger partial charge in [0.1, 0.15) is 6.10 Å². The zero-order valence-electron chi connectivity index (χ0n) is 10.8. The second-order valence-electron chi connectivity index (χ2n) is 4.91. The molecule has 0 bridgehead atoms. The van der Waals surface area contributed by atoms with Crippen LogP contribution < -0.4 is 11.1 Å². The van der Waals surface area contributed by atoms with Crippen molar-refractivity contribution in [3.8, 4) is 0 Å². The lowest BCUT2D eigenvalue weighted by Gasteiger charge is -2.17. The number of benzene rings is 1. The van der Waals surface area contributed by atoms with Crippen LogP contribution >= 0.6 is 0 Å². The molecule has 0 aromatic heterocycles. The van der Waals surface area contributed by atoms with E-state index in [0.29, 0.717) is 0 Å². The van der Waals surface area contributed by atoms with E-state index in [4.69, 9.17) is 10.5 Å². The standard InChI is InChI=1S/C14H20N2O2/c1-9-3-8-13(18-9)14(17)16-10(2)11-4-6-12(15)7-5-11/h4-7,9-10,13H,3,8,15H2,1-2H3,(H,16,17). The summed E-state index contributed by atoms with van der Waals surface area (Å²) in [6.45, 7) is 3.96. The van der Waals surface area contributed by atoms with Crippen molar-refractivity contribution in [2.45, 2.75) is 44.9 Å². The summed E-state index contributed by atoms with van der Waals surface area (Å²) < 4.78 is 5.55. The first-order valence-corrected chi connectivity index (χ1v) is 6.37. The molecule has 0 saturated carbocycles. The van der Waals surface area contributed by atoms with Gasteiger partial charge in [-0.05, 0) is 44.4 Å². The number of amides is 1. The van der Waals surface area contributed by atoms with Gasteiger partial charge < -0.3 is 15.8 Å². The number of ether oxygens (including phenoxy) is 1. The highest BCUT2D eigenvalue weighted by Gasteiger charge is 2.28. The van der Waals surface area contributed by atoms with Gasteiger partial charge >= 0.3 is 0 Å². The van der Waals surface area contributed by atoms with Crippen molar-refractivity contribution in [2.75, 3.05) is 5.73 Å². The van der Waals surface area contributed by atoms with Gasteiger partial charge in [-0.2, -0.15) is 0 Å². The van der Waals surface area contributed by atoms with Gasteiger partial charge in [-0.1, -0.05) is 12.1 Å². The van der Waals surface area contributed by atoms with E-state index >= 15 is 0 Å². The van der Waals surface area contributed by atoms with Gasteiger partial charge in [0, 0.05) is 5.69 Å². The van der Waals surface area contributed by atoms with E-state index in [2.05, 4.69) is 5.32 Å². The van der Waals surface area contributed by atoms with Crippen LogP contribution in [-0.4, -0.2) is 18.1 Å². The van der Waals surface area contributed by atoms with Gasteiger partial charge in [0.2, 0.25) is 5.91 Å². The van der Waals surface area contributed by atoms with E-state index in [1.165, 1.54) is 0 Å². The molecule has 3 N–H and O–H groups in total. The minimum atomic E-state index is -0.295. The van der Waals surface area contributed by atoms with Crippen LogP contribution in [0.3, 0.4) is 0 Å². The average molecular weight is 248 g/mol. The Hall–Kier alpha value is -1.55. The predicted octanol–water partition coefficient (Wildman–Crippen LogP) is 2.01. The lowest BCUT2D eigenvalue weighted by molar-refractivity contribution is -0.132. The first kappa shape index (κ1) is 12.9. The van der Waals surface area contributed by atoms with Crippen LogP contribution in [0.15, 0.2) is 24.3 Å². The second-order valence-corrected chi connectivity index (χ2v) is 4.91. The molecule has 0 aliphatic carbocycles. The molecule has 0 radical (unpaired) electrons. The lowest BCUT2D eigenvalue weighted by atomic mass is 10.1. The second kappa shape index (κ2) is 5.40. The SMILES string of the molecule is CC1CCC(C(=O)NC(C)c2ccc(N)cc2)O1. The number of nitrogens with two attached hydrogens (primary N) is 1. The van der Waals surface area contributed by atoms with E-state index in [1.807, 2.05) is 38.1 Å². The highest BCUT2D eigenvalue weighted by atomic mass is 16.5. The average Bonchev–Trinajstić information content (AvgIpc) is 2.76. The fourth-order valence-electron chi connectivity index (χ4n) is 2.17. The maximum atomic E-state index is 12.0. The summed E-state index contributed by atoms with van der Waals surface area (Å²) in [4.78, 5) is 12.0. The highest BCUT2D eigenvalue weighted by Crippen LogP contribution is 2.21. The van der Waals surface area contributed by atoms with Crippen molar-refractivity contribution in [1.82, 2.24) is 5.32 Å². The van der Waals surface area contributed by atoms with E-state index in [9.17, 15) is 4.79 Å². The number of hydrogen-bond acceptors (Lipinski definition) is 3. The Morgan fingerprint density at radius 1 is 1.39 bits per heavy atom. The Labute approximate surface area is 108 Å². The molecule has 1 aromatic rings. The van der Waals surface area contributed by atoms with E-state index in [1.54, 1.807) is 0 Å². The number of carbonyl (C=O) groups excluding carboxylic acids is 1. The summed E-state index contributed by atoms with van der Waals surface area (Å²) in [6.07, 6.45) is 1.65. The van der Waals surface area contributed by atoms with Crippen LogP contribution in [0, 0.1) is 0 Å². The van der Waals surface area contributed by atoms with E-state index in [-0.39, 0.29) is 24.2 Å². The Morgan fingerprint density at radius 2 is 2.06 bits per heavy atom. The molecular weight excluding hydrogens is 228 g/mol. The van der Waals surface area contributed by atoms with Gasteiger partial charge in [-0.25, -0.2) is 0 Å². The van der Waals surface area contributed by atoms with Crippen molar-refractivity contribution in [2.24, 2.45) is 0 Å². The Bertz CT molecular complexity index is 416. The van der Waals surface area contributed by atoms with Crippen LogP contribution in [0.2, 0.25) is 0 Å². The zero-order chi connectivity index (χ0) is 13.1. The Balaban J connectivity index is 1.92. The highest BCUT2D eigenvalue weighted by molar-refractivity contribution is 5.81. The van der Waals surface area contributed by atoms with Gasteiger partial charge in [-0.3, -0.25) is 4.79 Å². The molecule has 1 aliphatic rings. The molecular formula is C14H20N2O2. The maximum Gasteiger partial charge on any atom is 0.249 e. The minimum absolute atomic E-state index is 0.0244. The zero-order valence-corrected chi connectivity index (χ0v) is 10.8. The molecule has 98 valence electrons.